The maximum Gasteiger partial charge on any atom is 0.115 e. The molecule has 0 radical (unpaired) electrons. The molecule has 1 N–H and O–H groups in total. The van der Waals surface area contributed by atoms with Crippen molar-refractivity contribution in [2.24, 2.45) is 5.92 Å². The number of phenolic OH excluding ortho intramolecular Hbond substituents is 1. The van der Waals surface area contributed by atoms with Crippen LogP contribution in [0.4, 0.5) is 0 Å². The molecule has 0 heterocycles. The van der Waals surface area contributed by atoms with E-state index in [-0.39, 0.29) is 5.41 Å². The van der Waals surface area contributed by atoms with Crippen LogP contribution in [-0.4, -0.2) is 5.11 Å². The Kier molecular flexibility index (Phi) is 3.78. The Hall–Kier alpha value is -0.980. The lowest BCUT2D eigenvalue weighted by molar-refractivity contribution is 0.284. The number of rotatable bonds is 4. The summed E-state index contributed by atoms with van der Waals surface area (Å²) in [6.07, 6.45) is 2.29. The van der Waals surface area contributed by atoms with Gasteiger partial charge >= 0.3 is 0 Å². The molecule has 0 aliphatic rings. The standard InChI is InChI=1S/C14H22O/c1-5-14(6-2,11(3)4)12-7-9-13(15)10-8-12/h7-11,15H,5-6H2,1-4H3. The molecule has 0 aromatic heterocycles. The number of benzene rings is 1. The Morgan fingerprint density at radius 2 is 1.53 bits per heavy atom. The fourth-order valence-corrected chi connectivity index (χ4v) is 2.60. The molecule has 1 rings (SSSR count). The predicted molar refractivity (Wildman–Crippen MR) is 65.2 cm³/mol. The average Bonchev–Trinajstić information content (AvgIpc) is 2.22. The molecule has 1 aromatic carbocycles. The second-order valence-corrected chi connectivity index (χ2v) is 4.56. The molecule has 0 amide bonds. The zero-order valence-corrected chi connectivity index (χ0v) is 10.2. The highest BCUT2D eigenvalue weighted by Crippen LogP contribution is 2.39. The van der Waals surface area contributed by atoms with Crippen LogP contribution in [0.25, 0.3) is 0 Å². The number of phenols is 1. The quantitative estimate of drug-likeness (QED) is 0.786. The van der Waals surface area contributed by atoms with Crippen LogP contribution in [0.1, 0.15) is 46.1 Å². The van der Waals surface area contributed by atoms with Crippen molar-refractivity contribution in [2.45, 2.75) is 46.0 Å². The summed E-state index contributed by atoms with van der Waals surface area (Å²) in [6, 6.07) is 7.69. The van der Waals surface area contributed by atoms with Gasteiger partial charge in [0, 0.05) is 0 Å². The molecule has 0 aliphatic heterocycles. The third kappa shape index (κ3) is 2.17. The van der Waals surface area contributed by atoms with Gasteiger partial charge in [-0.05, 0) is 41.9 Å². The Balaban J connectivity index is 3.14. The molecule has 1 nitrogen and oxygen atoms in total. The molecular weight excluding hydrogens is 184 g/mol. The van der Waals surface area contributed by atoms with E-state index in [2.05, 4.69) is 39.8 Å². The van der Waals surface area contributed by atoms with Gasteiger partial charge in [0.15, 0.2) is 0 Å². The van der Waals surface area contributed by atoms with E-state index in [0.717, 1.165) is 12.8 Å². The largest absolute Gasteiger partial charge is 0.508 e. The van der Waals surface area contributed by atoms with Gasteiger partial charge in [-0.15, -0.1) is 0 Å². The highest BCUT2D eigenvalue weighted by molar-refractivity contribution is 5.32. The zero-order valence-electron chi connectivity index (χ0n) is 10.2. The molecule has 0 unspecified atom stereocenters. The molecule has 15 heavy (non-hydrogen) atoms. The molecule has 0 fully saturated rings. The maximum absolute atomic E-state index is 9.31. The molecule has 0 saturated heterocycles. The van der Waals surface area contributed by atoms with Crippen LogP contribution < -0.4 is 0 Å². The predicted octanol–water partition coefficient (Wildman–Crippen LogP) is 4.11. The Morgan fingerprint density at radius 1 is 1.07 bits per heavy atom. The first kappa shape index (κ1) is 12.1. The van der Waals surface area contributed by atoms with Gasteiger partial charge in [0.05, 0.1) is 0 Å². The van der Waals surface area contributed by atoms with Crippen LogP contribution in [0, 0.1) is 5.92 Å². The Morgan fingerprint density at radius 3 is 1.87 bits per heavy atom. The van der Waals surface area contributed by atoms with Crippen molar-refractivity contribution < 1.29 is 5.11 Å². The summed E-state index contributed by atoms with van der Waals surface area (Å²) in [5.74, 6) is 0.973. The molecule has 0 saturated carbocycles. The van der Waals surface area contributed by atoms with Gasteiger partial charge in [0.2, 0.25) is 0 Å². The van der Waals surface area contributed by atoms with Crippen LogP contribution in [0.3, 0.4) is 0 Å². The summed E-state index contributed by atoms with van der Waals surface area (Å²) in [6.45, 7) is 9.05. The van der Waals surface area contributed by atoms with Crippen LogP contribution in [0.5, 0.6) is 5.75 Å². The van der Waals surface area contributed by atoms with Crippen molar-refractivity contribution in [1.82, 2.24) is 0 Å². The smallest absolute Gasteiger partial charge is 0.115 e. The van der Waals surface area contributed by atoms with Crippen LogP contribution >= 0.6 is 0 Å². The molecule has 0 spiro atoms. The lowest BCUT2D eigenvalue weighted by atomic mass is 9.68. The zero-order chi connectivity index (χ0) is 11.5. The van der Waals surface area contributed by atoms with E-state index in [4.69, 9.17) is 0 Å². The lowest BCUT2D eigenvalue weighted by Gasteiger charge is -2.36. The summed E-state index contributed by atoms with van der Waals surface area (Å²) < 4.78 is 0. The summed E-state index contributed by atoms with van der Waals surface area (Å²) >= 11 is 0. The minimum Gasteiger partial charge on any atom is -0.508 e. The Bertz CT molecular complexity index is 294. The fourth-order valence-electron chi connectivity index (χ4n) is 2.60. The highest BCUT2D eigenvalue weighted by atomic mass is 16.3. The van der Waals surface area contributed by atoms with Crippen LogP contribution in [0.15, 0.2) is 24.3 Å². The average molecular weight is 206 g/mol. The van der Waals surface area contributed by atoms with Crippen molar-refractivity contribution in [2.75, 3.05) is 0 Å². The van der Waals surface area contributed by atoms with Gasteiger partial charge in [-0.1, -0.05) is 39.8 Å². The normalized spacial score (nSPS) is 12.1. The molecule has 0 atom stereocenters. The van der Waals surface area contributed by atoms with Crippen molar-refractivity contribution in [3.8, 4) is 5.75 Å². The first-order chi connectivity index (χ1) is 7.06. The van der Waals surface area contributed by atoms with E-state index in [0.29, 0.717) is 11.7 Å². The molecule has 0 bridgehead atoms. The van der Waals surface area contributed by atoms with Crippen molar-refractivity contribution in [3.05, 3.63) is 29.8 Å². The van der Waals surface area contributed by atoms with E-state index in [1.807, 2.05) is 0 Å². The van der Waals surface area contributed by atoms with E-state index < -0.39 is 0 Å². The summed E-state index contributed by atoms with van der Waals surface area (Å²) in [7, 11) is 0. The summed E-state index contributed by atoms with van der Waals surface area (Å²) in [5, 5.41) is 9.31. The number of hydrogen-bond donors (Lipinski definition) is 1. The second-order valence-electron chi connectivity index (χ2n) is 4.56. The highest BCUT2D eigenvalue weighted by Gasteiger charge is 2.31. The SMILES string of the molecule is CCC(CC)(c1ccc(O)cc1)C(C)C. The number of aromatic hydroxyl groups is 1. The van der Waals surface area contributed by atoms with Gasteiger partial charge in [-0.3, -0.25) is 0 Å². The maximum atomic E-state index is 9.31. The second kappa shape index (κ2) is 4.69. The minimum atomic E-state index is 0.258. The Labute approximate surface area is 93.1 Å². The summed E-state index contributed by atoms with van der Waals surface area (Å²) in [4.78, 5) is 0. The molecular formula is C14H22O. The number of hydrogen-bond acceptors (Lipinski definition) is 1. The van der Waals surface area contributed by atoms with Gasteiger partial charge < -0.3 is 5.11 Å². The van der Waals surface area contributed by atoms with E-state index in [1.54, 1.807) is 12.1 Å². The van der Waals surface area contributed by atoms with Gasteiger partial charge in [0.1, 0.15) is 5.75 Å². The summed E-state index contributed by atoms with van der Waals surface area (Å²) in [5.41, 5.74) is 1.61. The van der Waals surface area contributed by atoms with Gasteiger partial charge in [-0.2, -0.15) is 0 Å². The molecule has 1 aromatic rings. The van der Waals surface area contributed by atoms with Gasteiger partial charge in [-0.25, -0.2) is 0 Å². The van der Waals surface area contributed by atoms with E-state index in [1.165, 1.54) is 5.56 Å². The topological polar surface area (TPSA) is 20.2 Å². The first-order valence-corrected chi connectivity index (χ1v) is 5.86. The van der Waals surface area contributed by atoms with E-state index in [9.17, 15) is 5.11 Å². The van der Waals surface area contributed by atoms with Crippen molar-refractivity contribution in [1.29, 1.82) is 0 Å². The molecule has 0 aliphatic carbocycles. The van der Waals surface area contributed by atoms with Gasteiger partial charge in [0.25, 0.3) is 0 Å². The van der Waals surface area contributed by atoms with Crippen molar-refractivity contribution in [3.63, 3.8) is 0 Å². The third-order valence-electron chi connectivity index (χ3n) is 3.81. The van der Waals surface area contributed by atoms with Crippen molar-refractivity contribution >= 4 is 0 Å². The fraction of sp³-hybridized carbons (Fsp3) is 0.571. The monoisotopic (exact) mass is 206 g/mol. The lowest BCUT2D eigenvalue weighted by Crippen LogP contribution is -2.30. The van der Waals surface area contributed by atoms with Crippen LogP contribution in [-0.2, 0) is 5.41 Å². The molecule has 84 valence electrons. The molecule has 1 heteroatoms. The van der Waals surface area contributed by atoms with E-state index >= 15 is 0 Å². The first-order valence-electron chi connectivity index (χ1n) is 5.86. The minimum absolute atomic E-state index is 0.258. The van der Waals surface area contributed by atoms with Crippen LogP contribution in [0.2, 0.25) is 0 Å². The third-order valence-corrected chi connectivity index (χ3v) is 3.81.